The second-order valence-corrected chi connectivity index (χ2v) is 6.49. The van der Waals surface area contributed by atoms with Gasteiger partial charge in [-0.05, 0) is 25.2 Å². The third-order valence-corrected chi connectivity index (χ3v) is 5.28. The molecule has 2 saturated heterocycles. The largest absolute Gasteiger partial charge is 0.381 e. The number of aliphatic imine (C=N–C) groups is 1. The van der Waals surface area contributed by atoms with Crippen molar-refractivity contribution in [3.05, 3.63) is 0 Å². The lowest BCUT2D eigenvalue weighted by Gasteiger charge is -2.36. The summed E-state index contributed by atoms with van der Waals surface area (Å²) in [5.41, 5.74) is 0. The van der Waals surface area contributed by atoms with E-state index in [1.165, 1.54) is 43.0 Å². The molecule has 96 valence electrons. The summed E-state index contributed by atoms with van der Waals surface area (Å²) in [7, 11) is 0. The minimum absolute atomic E-state index is 0.661. The maximum Gasteiger partial charge on any atom is 0.156 e. The predicted molar refractivity (Wildman–Crippen MR) is 72.6 cm³/mol. The van der Waals surface area contributed by atoms with Crippen molar-refractivity contribution in [1.82, 2.24) is 5.32 Å². The fourth-order valence-electron chi connectivity index (χ4n) is 3.01. The maximum absolute atomic E-state index is 5.39. The minimum atomic E-state index is 0.661. The van der Waals surface area contributed by atoms with E-state index in [1.54, 1.807) is 0 Å². The molecular weight excluding hydrogens is 232 g/mol. The SMILES string of the molecule is C1CCC2NC(=NCC3CCOC3)SCC2C1. The Morgan fingerprint density at radius 2 is 2.24 bits per heavy atom. The highest BCUT2D eigenvalue weighted by atomic mass is 32.2. The van der Waals surface area contributed by atoms with E-state index in [4.69, 9.17) is 9.73 Å². The average Bonchev–Trinajstić information content (AvgIpc) is 2.89. The molecule has 3 nitrogen and oxygen atoms in total. The van der Waals surface area contributed by atoms with Crippen LogP contribution in [0.4, 0.5) is 0 Å². The van der Waals surface area contributed by atoms with E-state index in [9.17, 15) is 0 Å². The van der Waals surface area contributed by atoms with Crippen LogP contribution < -0.4 is 5.32 Å². The van der Waals surface area contributed by atoms with Crippen LogP contribution in [0.5, 0.6) is 0 Å². The Balaban J connectivity index is 1.52. The van der Waals surface area contributed by atoms with Gasteiger partial charge < -0.3 is 10.1 Å². The fraction of sp³-hybridized carbons (Fsp3) is 0.923. The van der Waals surface area contributed by atoms with E-state index < -0.39 is 0 Å². The molecule has 3 aliphatic rings. The Kier molecular flexibility index (Phi) is 3.91. The molecule has 0 radical (unpaired) electrons. The molecule has 2 aliphatic heterocycles. The number of thioether (sulfide) groups is 1. The highest BCUT2D eigenvalue weighted by molar-refractivity contribution is 8.13. The van der Waals surface area contributed by atoms with Crippen molar-refractivity contribution in [2.45, 2.75) is 38.1 Å². The first-order valence-electron chi connectivity index (χ1n) is 6.93. The van der Waals surface area contributed by atoms with Crippen molar-refractivity contribution in [2.75, 3.05) is 25.5 Å². The van der Waals surface area contributed by atoms with Gasteiger partial charge in [0.25, 0.3) is 0 Å². The molecule has 3 rings (SSSR count). The van der Waals surface area contributed by atoms with Gasteiger partial charge in [0.2, 0.25) is 0 Å². The summed E-state index contributed by atoms with van der Waals surface area (Å²) in [6.07, 6.45) is 6.76. The second kappa shape index (κ2) is 5.61. The Hall–Kier alpha value is -0.220. The van der Waals surface area contributed by atoms with Crippen molar-refractivity contribution in [3.8, 4) is 0 Å². The molecule has 3 unspecified atom stereocenters. The van der Waals surface area contributed by atoms with E-state index in [2.05, 4.69) is 5.32 Å². The van der Waals surface area contributed by atoms with Gasteiger partial charge in [-0.15, -0.1) is 0 Å². The van der Waals surface area contributed by atoms with Crippen molar-refractivity contribution >= 4 is 16.9 Å². The first-order valence-corrected chi connectivity index (χ1v) is 7.92. The lowest BCUT2D eigenvalue weighted by Crippen LogP contribution is -2.46. The molecule has 2 heterocycles. The minimum Gasteiger partial charge on any atom is -0.381 e. The Bertz CT molecular complexity index is 289. The van der Waals surface area contributed by atoms with E-state index in [0.717, 1.165) is 25.7 Å². The van der Waals surface area contributed by atoms with Gasteiger partial charge in [-0.1, -0.05) is 24.6 Å². The molecule has 3 fully saturated rings. The molecule has 0 aromatic carbocycles. The molecular formula is C13H22N2OS. The number of amidine groups is 1. The van der Waals surface area contributed by atoms with Gasteiger partial charge in [-0.25, -0.2) is 0 Å². The smallest absolute Gasteiger partial charge is 0.156 e. The van der Waals surface area contributed by atoms with E-state index in [0.29, 0.717) is 12.0 Å². The second-order valence-electron chi connectivity index (χ2n) is 5.48. The quantitative estimate of drug-likeness (QED) is 0.821. The zero-order chi connectivity index (χ0) is 11.5. The number of nitrogens with one attached hydrogen (secondary N) is 1. The summed E-state index contributed by atoms with van der Waals surface area (Å²) in [5, 5.41) is 4.85. The maximum atomic E-state index is 5.39. The van der Waals surface area contributed by atoms with Crippen LogP contribution in [0.2, 0.25) is 0 Å². The van der Waals surface area contributed by atoms with Crippen LogP contribution in [-0.4, -0.2) is 36.7 Å². The Labute approximate surface area is 108 Å². The van der Waals surface area contributed by atoms with Crippen LogP contribution in [0.3, 0.4) is 0 Å². The fourth-order valence-corrected chi connectivity index (χ4v) is 4.19. The van der Waals surface area contributed by atoms with Crippen molar-refractivity contribution in [2.24, 2.45) is 16.8 Å². The van der Waals surface area contributed by atoms with Gasteiger partial charge >= 0.3 is 0 Å². The molecule has 3 atom stereocenters. The van der Waals surface area contributed by atoms with Crippen LogP contribution in [0.15, 0.2) is 4.99 Å². The topological polar surface area (TPSA) is 33.6 Å². The van der Waals surface area contributed by atoms with Crippen LogP contribution in [0.1, 0.15) is 32.1 Å². The summed E-state index contributed by atoms with van der Waals surface area (Å²) < 4.78 is 5.39. The number of nitrogens with zero attached hydrogens (tertiary/aromatic N) is 1. The molecule has 0 spiro atoms. The number of hydrogen-bond acceptors (Lipinski definition) is 3. The normalized spacial score (nSPS) is 40.0. The molecule has 4 heteroatoms. The summed E-state index contributed by atoms with van der Waals surface area (Å²) in [6.45, 7) is 2.79. The van der Waals surface area contributed by atoms with Crippen molar-refractivity contribution in [1.29, 1.82) is 0 Å². The number of rotatable bonds is 2. The van der Waals surface area contributed by atoms with Gasteiger partial charge in [0.05, 0.1) is 6.61 Å². The molecule has 0 bridgehead atoms. The third kappa shape index (κ3) is 2.97. The Morgan fingerprint density at radius 1 is 1.29 bits per heavy atom. The van der Waals surface area contributed by atoms with Crippen LogP contribution in [0.25, 0.3) is 0 Å². The number of ether oxygens (including phenoxy) is 1. The average molecular weight is 254 g/mol. The van der Waals surface area contributed by atoms with Gasteiger partial charge in [-0.3, -0.25) is 4.99 Å². The van der Waals surface area contributed by atoms with Gasteiger partial charge in [-0.2, -0.15) is 0 Å². The van der Waals surface area contributed by atoms with Crippen molar-refractivity contribution < 1.29 is 4.74 Å². The molecule has 1 aliphatic carbocycles. The molecule has 0 aromatic rings. The monoisotopic (exact) mass is 254 g/mol. The van der Waals surface area contributed by atoms with E-state index in [-0.39, 0.29) is 0 Å². The highest BCUT2D eigenvalue weighted by Crippen LogP contribution is 2.31. The zero-order valence-corrected chi connectivity index (χ0v) is 11.2. The third-order valence-electron chi connectivity index (χ3n) is 4.17. The zero-order valence-electron chi connectivity index (χ0n) is 10.4. The first kappa shape index (κ1) is 11.8. The molecule has 17 heavy (non-hydrogen) atoms. The van der Waals surface area contributed by atoms with Gasteiger partial charge in [0, 0.05) is 30.9 Å². The van der Waals surface area contributed by atoms with Gasteiger partial charge in [0.1, 0.15) is 0 Å². The van der Waals surface area contributed by atoms with E-state index >= 15 is 0 Å². The molecule has 0 amide bonds. The molecule has 1 saturated carbocycles. The molecule has 0 aromatic heterocycles. The summed E-state index contributed by atoms with van der Waals surface area (Å²) >= 11 is 1.93. The van der Waals surface area contributed by atoms with Crippen LogP contribution in [-0.2, 0) is 4.74 Å². The van der Waals surface area contributed by atoms with Gasteiger partial charge in [0.15, 0.2) is 5.17 Å². The highest BCUT2D eigenvalue weighted by Gasteiger charge is 2.30. The van der Waals surface area contributed by atoms with Crippen LogP contribution >= 0.6 is 11.8 Å². The first-order chi connectivity index (χ1) is 8.42. The summed E-state index contributed by atoms with van der Waals surface area (Å²) in [4.78, 5) is 4.74. The number of hydrogen-bond donors (Lipinski definition) is 1. The standard InChI is InChI=1S/C13H22N2OS/c1-2-4-12-11(3-1)9-17-13(15-12)14-7-10-5-6-16-8-10/h10-12H,1-9H2,(H,14,15). The lowest BCUT2D eigenvalue weighted by atomic mass is 9.86. The Morgan fingerprint density at radius 3 is 3.12 bits per heavy atom. The van der Waals surface area contributed by atoms with E-state index in [1.807, 2.05) is 11.8 Å². The van der Waals surface area contributed by atoms with Crippen LogP contribution in [0, 0.1) is 11.8 Å². The lowest BCUT2D eigenvalue weighted by molar-refractivity contribution is 0.187. The van der Waals surface area contributed by atoms with Crippen molar-refractivity contribution in [3.63, 3.8) is 0 Å². The summed E-state index contributed by atoms with van der Waals surface area (Å²) in [6, 6.07) is 0.712. The number of fused-ring (bicyclic) bond motifs is 1. The molecule has 1 N–H and O–H groups in total. The predicted octanol–water partition coefficient (Wildman–Crippen LogP) is 2.27. The summed E-state index contributed by atoms with van der Waals surface area (Å²) in [5.74, 6) is 2.83.